The predicted molar refractivity (Wildman–Crippen MR) is 75.5 cm³/mol. The van der Waals surface area contributed by atoms with Gasteiger partial charge in [0, 0.05) is 19.1 Å². The lowest BCUT2D eigenvalue weighted by molar-refractivity contribution is -0.137. The van der Waals surface area contributed by atoms with Gasteiger partial charge in [-0.1, -0.05) is 6.92 Å². The molecule has 1 aliphatic rings. The summed E-state index contributed by atoms with van der Waals surface area (Å²) in [6.07, 6.45) is -1.75. The largest absolute Gasteiger partial charge is 0.416 e. The molecule has 1 saturated carbocycles. The first kappa shape index (κ1) is 15.9. The fraction of sp³-hybridized carbons (Fsp3) is 0.643. The molecule has 21 heavy (non-hydrogen) atoms. The van der Waals surface area contributed by atoms with Gasteiger partial charge in [-0.25, -0.2) is 4.98 Å². The van der Waals surface area contributed by atoms with Gasteiger partial charge in [0.15, 0.2) is 0 Å². The number of anilines is 2. The summed E-state index contributed by atoms with van der Waals surface area (Å²) in [5, 5.41) is 12.0. The number of nitrogens with one attached hydrogen (secondary N) is 1. The lowest BCUT2D eigenvalue weighted by Gasteiger charge is -2.24. The molecular weight excluding hydrogens is 283 g/mol. The van der Waals surface area contributed by atoms with Crippen molar-refractivity contribution in [3.8, 4) is 0 Å². The van der Waals surface area contributed by atoms with Crippen LogP contribution in [0.2, 0.25) is 0 Å². The van der Waals surface area contributed by atoms with E-state index in [4.69, 9.17) is 5.11 Å². The number of halogens is 3. The number of hydrogen-bond donors (Lipinski definition) is 2. The van der Waals surface area contributed by atoms with Gasteiger partial charge in [-0.3, -0.25) is 0 Å². The van der Waals surface area contributed by atoms with Crippen LogP contribution in [0.3, 0.4) is 0 Å². The third-order valence-electron chi connectivity index (χ3n) is 3.32. The van der Waals surface area contributed by atoms with E-state index < -0.39 is 11.7 Å². The highest BCUT2D eigenvalue weighted by molar-refractivity contribution is 5.52. The van der Waals surface area contributed by atoms with E-state index in [9.17, 15) is 13.2 Å². The number of aliphatic hydroxyl groups excluding tert-OH is 1. The minimum atomic E-state index is -4.41. The van der Waals surface area contributed by atoms with Crippen molar-refractivity contribution in [1.29, 1.82) is 0 Å². The zero-order valence-electron chi connectivity index (χ0n) is 12.0. The second-order valence-corrected chi connectivity index (χ2v) is 5.17. The first-order valence-electron chi connectivity index (χ1n) is 7.16. The lowest BCUT2D eigenvalue weighted by Crippen LogP contribution is -2.30. The lowest BCUT2D eigenvalue weighted by atomic mass is 10.2. The molecule has 0 saturated heterocycles. The molecule has 0 atom stereocenters. The number of aliphatic hydroxyl groups is 1. The molecule has 118 valence electrons. The average Bonchev–Trinajstić information content (AvgIpc) is 3.25. The molecule has 2 rings (SSSR count). The molecule has 1 aromatic rings. The molecule has 2 N–H and O–H groups in total. The van der Waals surface area contributed by atoms with Gasteiger partial charge in [0.2, 0.25) is 0 Å². The monoisotopic (exact) mass is 303 g/mol. The summed E-state index contributed by atoms with van der Waals surface area (Å²) in [7, 11) is 0. The van der Waals surface area contributed by atoms with Crippen LogP contribution in [-0.4, -0.2) is 35.8 Å². The van der Waals surface area contributed by atoms with Gasteiger partial charge in [0.05, 0.1) is 12.2 Å². The van der Waals surface area contributed by atoms with E-state index in [1.807, 2.05) is 6.92 Å². The van der Waals surface area contributed by atoms with Crippen LogP contribution in [0.15, 0.2) is 12.1 Å². The number of hydrogen-bond acceptors (Lipinski definition) is 4. The quantitative estimate of drug-likeness (QED) is 0.813. The maximum absolute atomic E-state index is 13.0. The SMILES string of the molecule is CCCNc1cc(C(F)(F)F)cc(N(CCO)C2CC2)n1. The van der Waals surface area contributed by atoms with Crippen molar-refractivity contribution in [3.63, 3.8) is 0 Å². The first-order chi connectivity index (χ1) is 9.95. The van der Waals surface area contributed by atoms with E-state index in [2.05, 4.69) is 10.3 Å². The predicted octanol–water partition coefficient (Wildman–Crippen LogP) is 2.88. The molecule has 0 aliphatic heterocycles. The maximum atomic E-state index is 13.0. The van der Waals surface area contributed by atoms with E-state index in [1.165, 1.54) is 0 Å². The zero-order chi connectivity index (χ0) is 15.5. The van der Waals surface area contributed by atoms with E-state index >= 15 is 0 Å². The van der Waals surface area contributed by atoms with Crippen molar-refractivity contribution in [3.05, 3.63) is 17.7 Å². The van der Waals surface area contributed by atoms with Crippen LogP contribution in [0, 0.1) is 0 Å². The minimum absolute atomic E-state index is 0.105. The fourth-order valence-electron chi connectivity index (χ4n) is 2.15. The molecular formula is C14H20F3N3O. The highest BCUT2D eigenvalue weighted by atomic mass is 19.4. The van der Waals surface area contributed by atoms with E-state index in [1.54, 1.807) is 4.90 Å². The molecule has 0 radical (unpaired) electrons. The normalized spacial score (nSPS) is 15.1. The molecule has 0 bridgehead atoms. The summed E-state index contributed by atoms with van der Waals surface area (Å²) in [4.78, 5) is 6.02. The molecule has 4 nitrogen and oxygen atoms in total. The molecule has 1 aliphatic carbocycles. The molecule has 0 aromatic carbocycles. The van der Waals surface area contributed by atoms with E-state index in [0.717, 1.165) is 31.4 Å². The van der Waals surface area contributed by atoms with Gasteiger partial charge >= 0.3 is 6.18 Å². The molecule has 0 unspecified atom stereocenters. The molecule has 0 amide bonds. The van der Waals surface area contributed by atoms with Crippen LogP contribution in [0.25, 0.3) is 0 Å². The number of rotatable bonds is 7. The Morgan fingerprint density at radius 2 is 2.10 bits per heavy atom. The Hall–Kier alpha value is -1.50. The summed E-state index contributed by atoms with van der Waals surface area (Å²) >= 11 is 0. The van der Waals surface area contributed by atoms with Crippen molar-refractivity contribution in [2.75, 3.05) is 29.9 Å². The third-order valence-corrected chi connectivity index (χ3v) is 3.32. The summed E-state index contributed by atoms with van der Waals surface area (Å²) < 4.78 is 39.0. The average molecular weight is 303 g/mol. The Morgan fingerprint density at radius 1 is 1.38 bits per heavy atom. The second-order valence-electron chi connectivity index (χ2n) is 5.17. The van der Waals surface area contributed by atoms with Gasteiger partial charge in [-0.05, 0) is 31.4 Å². The number of pyridine rings is 1. The smallest absolute Gasteiger partial charge is 0.395 e. The Bertz CT molecular complexity index is 475. The zero-order valence-corrected chi connectivity index (χ0v) is 12.0. The second kappa shape index (κ2) is 6.51. The molecule has 1 heterocycles. The summed E-state index contributed by atoms with van der Waals surface area (Å²) in [5.41, 5.74) is -0.713. The molecule has 1 fully saturated rings. The topological polar surface area (TPSA) is 48.4 Å². The van der Waals surface area contributed by atoms with Crippen LogP contribution in [-0.2, 0) is 6.18 Å². The Morgan fingerprint density at radius 3 is 2.62 bits per heavy atom. The molecule has 7 heteroatoms. The van der Waals surface area contributed by atoms with Crippen molar-refractivity contribution in [1.82, 2.24) is 4.98 Å². The van der Waals surface area contributed by atoms with Crippen molar-refractivity contribution < 1.29 is 18.3 Å². The third kappa shape index (κ3) is 4.23. The first-order valence-corrected chi connectivity index (χ1v) is 7.16. The summed E-state index contributed by atoms with van der Waals surface area (Å²) in [5.74, 6) is 0.505. The standard InChI is InChI=1S/C14H20F3N3O/c1-2-5-18-12-8-10(14(15,16)17)9-13(19-12)20(6-7-21)11-3-4-11/h8-9,11,21H,2-7H2,1H3,(H,18,19). The van der Waals surface area contributed by atoms with Crippen molar-refractivity contribution in [2.45, 2.75) is 38.4 Å². The van der Waals surface area contributed by atoms with Crippen LogP contribution in [0.1, 0.15) is 31.7 Å². The highest BCUT2D eigenvalue weighted by Crippen LogP contribution is 2.36. The van der Waals surface area contributed by atoms with Gasteiger partial charge in [-0.2, -0.15) is 13.2 Å². The fourth-order valence-corrected chi connectivity index (χ4v) is 2.15. The van der Waals surface area contributed by atoms with Gasteiger partial charge in [0.1, 0.15) is 11.6 Å². The van der Waals surface area contributed by atoms with Crippen LogP contribution < -0.4 is 10.2 Å². The van der Waals surface area contributed by atoms with Crippen LogP contribution in [0.5, 0.6) is 0 Å². The van der Waals surface area contributed by atoms with Gasteiger partial charge in [-0.15, -0.1) is 0 Å². The summed E-state index contributed by atoms with van der Waals surface area (Å²) in [6.45, 7) is 2.69. The number of nitrogens with zero attached hydrogens (tertiary/aromatic N) is 2. The molecule has 0 spiro atoms. The van der Waals surface area contributed by atoms with Crippen LogP contribution >= 0.6 is 0 Å². The van der Waals surface area contributed by atoms with Gasteiger partial charge < -0.3 is 15.3 Å². The maximum Gasteiger partial charge on any atom is 0.416 e. The van der Waals surface area contributed by atoms with Gasteiger partial charge in [0.25, 0.3) is 0 Å². The highest BCUT2D eigenvalue weighted by Gasteiger charge is 2.34. The Balaban J connectivity index is 2.33. The summed E-state index contributed by atoms with van der Waals surface area (Å²) in [6, 6.07) is 2.28. The van der Waals surface area contributed by atoms with Crippen molar-refractivity contribution >= 4 is 11.6 Å². The van der Waals surface area contributed by atoms with Crippen LogP contribution in [0.4, 0.5) is 24.8 Å². The minimum Gasteiger partial charge on any atom is -0.395 e. The van der Waals surface area contributed by atoms with Crippen molar-refractivity contribution in [2.24, 2.45) is 0 Å². The molecule has 1 aromatic heterocycles. The Labute approximate surface area is 122 Å². The number of aromatic nitrogens is 1. The number of alkyl halides is 3. The van der Waals surface area contributed by atoms with E-state index in [0.29, 0.717) is 13.1 Å². The Kier molecular flexibility index (Phi) is 4.92. The van der Waals surface area contributed by atoms with E-state index in [-0.39, 0.29) is 24.3 Å².